The van der Waals surface area contributed by atoms with Crippen LogP contribution in [0.25, 0.3) is 10.9 Å². The Morgan fingerprint density at radius 1 is 1.00 bits per heavy atom. The van der Waals surface area contributed by atoms with Crippen molar-refractivity contribution in [2.75, 3.05) is 45.3 Å². The number of benzene rings is 2. The molecule has 1 aliphatic rings. The number of hydrogen-bond acceptors (Lipinski definition) is 7. The minimum absolute atomic E-state index is 0.243. The second-order valence-electron chi connectivity index (χ2n) is 11.1. The van der Waals surface area contributed by atoms with E-state index in [1.807, 2.05) is 31.2 Å². The number of ether oxygens (including phenoxy) is 3. The molecule has 0 radical (unpaired) electrons. The summed E-state index contributed by atoms with van der Waals surface area (Å²) in [6.45, 7) is 9.92. The van der Waals surface area contributed by atoms with E-state index in [0.29, 0.717) is 65.9 Å². The Labute approximate surface area is 258 Å². The first-order valence-corrected chi connectivity index (χ1v) is 15.2. The van der Waals surface area contributed by atoms with Crippen LogP contribution in [-0.2, 0) is 4.74 Å². The van der Waals surface area contributed by atoms with E-state index in [1.54, 1.807) is 37.6 Å². The molecule has 44 heavy (non-hydrogen) atoms. The number of aromatic nitrogens is 2. The molecule has 1 saturated heterocycles. The molecular weight excluding hydrogens is 558 g/mol. The third-order valence-corrected chi connectivity index (χ3v) is 7.98. The Bertz CT molecular complexity index is 1570. The quantitative estimate of drug-likeness (QED) is 0.196. The maximum Gasteiger partial charge on any atom is 0.325 e. The van der Waals surface area contributed by atoms with E-state index in [1.165, 1.54) is 10.1 Å². The average molecular weight is 600 g/mol. The van der Waals surface area contributed by atoms with E-state index in [2.05, 4.69) is 46.5 Å². The van der Waals surface area contributed by atoms with Gasteiger partial charge in [0.1, 0.15) is 18.2 Å². The molecule has 2 aromatic carbocycles. The molecule has 10 heteroatoms. The van der Waals surface area contributed by atoms with E-state index in [0.717, 1.165) is 31.3 Å². The molecule has 1 fully saturated rings. The lowest BCUT2D eigenvalue weighted by molar-refractivity contribution is 0.102. The number of fused-ring (bicyclic) bond motifs is 1. The van der Waals surface area contributed by atoms with Crippen molar-refractivity contribution < 1.29 is 23.8 Å². The van der Waals surface area contributed by atoms with Crippen LogP contribution >= 0.6 is 0 Å². The second-order valence-corrected chi connectivity index (χ2v) is 11.1. The third-order valence-electron chi connectivity index (χ3n) is 7.98. The first kappa shape index (κ1) is 31.0. The predicted octanol–water partition coefficient (Wildman–Crippen LogP) is 6.27. The lowest BCUT2D eigenvalue weighted by Crippen LogP contribution is -2.37. The molecule has 4 aromatic rings. The number of likely N-dealkylation sites (tertiary alicyclic amines) is 1. The van der Waals surface area contributed by atoms with Crippen molar-refractivity contribution in [3.63, 3.8) is 0 Å². The van der Waals surface area contributed by atoms with Crippen LogP contribution in [0.15, 0.2) is 67.0 Å². The maximum atomic E-state index is 13.1. The third kappa shape index (κ3) is 7.38. The number of piperidine rings is 1. The van der Waals surface area contributed by atoms with Crippen LogP contribution in [0.5, 0.6) is 17.2 Å². The summed E-state index contributed by atoms with van der Waals surface area (Å²) in [5.74, 6) is 2.03. The van der Waals surface area contributed by atoms with Crippen molar-refractivity contribution in [2.45, 2.75) is 45.6 Å². The molecule has 0 bridgehead atoms. The molecule has 0 atom stereocenters. The van der Waals surface area contributed by atoms with Gasteiger partial charge < -0.3 is 29.7 Å². The Morgan fingerprint density at radius 3 is 2.48 bits per heavy atom. The summed E-state index contributed by atoms with van der Waals surface area (Å²) in [7, 11) is 1.58. The number of pyridine rings is 1. The summed E-state index contributed by atoms with van der Waals surface area (Å²) in [6, 6.07) is 17.0. The average Bonchev–Trinajstić information content (AvgIpc) is 3.45. The van der Waals surface area contributed by atoms with Gasteiger partial charge in [-0.1, -0.05) is 12.1 Å². The summed E-state index contributed by atoms with van der Waals surface area (Å²) in [4.78, 5) is 32.3. The zero-order valence-electron chi connectivity index (χ0n) is 25.8. The fourth-order valence-electron chi connectivity index (χ4n) is 5.50. The molecule has 2 amide bonds. The summed E-state index contributed by atoms with van der Waals surface area (Å²) in [5, 5.41) is 6.33. The van der Waals surface area contributed by atoms with Gasteiger partial charge in [-0.2, -0.15) is 0 Å². The molecular formula is C34H41N5O5. The van der Waals surface area contributed by atoms with Gasteiger partial charge in [0, 0.05) is 55.2 Å². The molecule has 1 aliphatic heterocycles. The first-order chi connectivity index (χ1) is 21.4. The zero-order chi connectivity index (χ0) is 31.1. The van der Waals surface area contributed by atoms with Crippen molar-refractivity contribution in [3.8, 4) is 17.2 Å². The van der Waals surface area contributed by atoms with Crippen LogP contribution in [0.4, 0.5) is 10.6 Å². The fourth-order valence-corrected chi connectivity index (χ4v) is 5.50. The van der Waals surface area contributed by atoms with Gasteiger partial charge in [-0.05, 0) is 88.5 Å². The van der Waals surface area contributed by atoms with Gasteiger partial charge in [0.2, 0.25) is 0 Å². The molecule has 0 aliphatic carbocycles. The van der Waals surface area contributed by atoms with Crippen molar-refractivity contribution in [3.05, 3.63) is 78.1 Å². The Morgan fingerprint density at radius 2 is 1.77 bits per heavy atom. The predicted molar refractivity (Wildman–Crippen MR) is 171 cm³/mol. The monoisotopic (exact) mass is 599 g/mol. The molecule has 0 unspecified atom stereocenters. The molecule has 0 saturated carbocycles. The van der Waals surface area contributed by atoms with Crippen LogP contribution in [-0.4, -0.2) is 72.4 Å². The normalized spacial score (nSPS) is 14.1. The van der Waals surface area contributed by atoms with Gasteiger partial charge in [0.25, 0.3) is 5.91 Å². The SMILES string of the molecule is CCOCCOc1cc2c(ccn2C(=O)NC)cc1Oc1ccnc(NC(=O)c2ccc(C3CCN(C(C)C)CC3)cc2)c1. The Balaban J connectivity index is 1.28. The van der Waals surface area contributed by atoms with Gasteiger partial charge in [0.15, 0.2) is 11.5 Å². The Hall–Kier alpha value is -4.41. The number of amides is 2. The maximum absolute atomic E-state index is 13.1. The Kier molecular flexibility index (Phi) is 10.1. The molecule has 2 N–H and O–H groups in total. The highest BCUT2D eigenvalue weighted by Crippen LogP contribution is 2.37. The second kappa shape index (κ2) is 14.4. The number of nitrogens with one attached hydrogen (secondary N) is 2. The summed E-state index contributed by atoms with van der Waals surface area (Å²) in [5.41, 5.74) is 2.52. The molecule has 232 valence electrons. The summed E-state index contributed by atoms with van der Waals surface area (Å²) < 4.78 is 19.2. The van der Waals surface area contributed by atoms with Crippen LogP contribution in [0.1, 0.15) is 55.5 Å². The largest absolute Gasteiger partial charge is 0.487 e. The highest BCUT2D eigenvalue weighted by molar-refractivity contribution is 6.03. The van der Waals surface area contributed by atoms with Gasteiger partial charge in [-0.3, -0.25) is 9.36 Å². The number of rotatable bonds is 11. The molecule has 10 nitrogen and oxygen atoms in total. The fraction of sp³-hybridized carbons (Fsp3) is 0.382. The van der Waals surface area contributed by atoms with E-state index < -0.39 is 0 Å². The lowest BCUT2D eigenvalue weighted by atomic mass is 9.88. The lowest BCUT2D eigenvalue weighted by Gasteiger charge is -2.34. The number of nitrogens with zero attached hydrogens (tertiary/aromatic N) is 3. The number of carbonyl (C=O) groups excluding carboxylic acids is 2. The highest BCUT2D eigenvalue weighted by atomic mass is 16.5. The minimum Gasteiger partial charge on any atom is -0.487 e. The van der Waals surface area contributed by atoms with Crippen molar-refractivity contribution in [2.24, 2.45) is 0 Å². The van der Waals surface area contributed by atoms with E-state index >= 15 is 0 Å². The number of anilines is 1. The standard InChI is InChI=1S/C34H41N5O5/c1-5-42-18-19-43-30-22-29-27(13-17-39(29)34(41)35-4)20-31(30)44-28-10-14-36-32(21-28)37-33(40)26-8-6-24(7-9-26)25-11-15-38(16-12-25)23(2)3/h6-10,13-14,17,20-23,25H,5,11-12,15-16,18-19H2,1-4H3,(H,35,41)(H,36,37,40). The number of hydrogen-bond donors (Lipinski definition) is 2. The first-order valence-electron chi connectivity index (χ1n) is 15.2. The van der Waals surface area contributed by atoms with Gasteiger partial charge >= 0.3 is 6.03 Å². The summed E-state index contributed by atoms with van der Waals surface area (Å²) in [6.07, 6.45) is 5.53. The van der Waals surface area contributed by atoms with Gasteiger partial charge in [-0.25, -0.2) is 9.78 Å². The molecule has 2 aromatic heterocycles. The summed E-state index contributed by atoms with van der Waals surface area (Å²) >= 11 is 0. The van der Waals surface area contributed by atoms with E-state index in [-0.39, 0.29) is 11.9 Å². The molecule has 5 rings (SSSR count). The van der Waals surface area contributed by atoms with Crippen LogP contribution in [0.3, 0.4) is 0 Å². The molecule has 0 spiro atoms. The van der Waals surface area contributed by atoms with Crippen molar-refractivity contribution in [1.29, 1.82) is 0 Å². The van der Waals surface area contributed by atoms with Crippen molar-refractivity contribution in [1.82, 2.24) is 19.8 Å². The van der Waals surface area contributed by atoms with E-state index in [4.69, 9.17) is 14.2 Å². The van der Waals surface area contributed by atoms with Gasteiger partial charge in [0.05, 0.1) is 12.1 Å². The minimum atomic E-state index is -0.259. The van der Waals surface area contributed by atoms with Crippen LogP contribution in [0, 0.1) is 0 Å². The zero-order valence-corrected chi connectivity index (χ0v) is 25.8. The highest BCUT2D eigenvalue weighted by Gasteiger charge is 2.22. The number of carbonyl (C=O) groups is 2. The smallest absolute Gasteiger partial charge is 0.325 e. The molecule has 3 heterocycles. The van der Waals surface area contributed by atoms with Crippen LogP contribution < -0.4 is 20.1 Å². The van der Waals surface area contributed by atoms with Crippen LogP contribution in [0.2, 0.25) is 0 Å². The van der Waals surface area contributed by atoms with Crippen molar-refractivity contribution >= 4 is 28.7 Å². The van der Waals surface area contributed by atoms with Gasteiger partial charge in [-0.15, -0.1) is 0 Å². The topological polar surface area (TPSA) is 107 Å². The van der Waals surface area contributed by atoms with E-state index in [9.17, 15) is 9.59 Å².